The van der Waals surface area contributed by atoms with Crippen LogP contribution in [0.2, 0.25) is 0 Å². The third-order valence-electron chi connectivity index (χ3n) is 4.45. The van der Waals surface area contributed by atoms with Crippen LogP contribution < -0.4 is 15.4 Å². The van der Waals surface area contributed by atoms with Crippen molar-refractivity contribution in [2.24, 2.45) is 0 Å². The van der Waals surface area contributed by atoms with Gasteiger partial charge in [0.15, 0.2) is 5.82 Å². The lowest BCUT2D eigenvalue weighted by Crippen LogP contribution is -2.21. The van der Waals surface area contributed by atoms with E-state index in [1.54, 1.807) is 6.07 Å². The summed E-state index contributed by atoms with van der Waals surface area (Å²) >= 11 is 0. The highest BCUT2D eigenvalue weighted by Gasteiger charge is 2.31. The molecule has 0 aliphatic carbocycles. The predicted molar refractivity (Wildman–Crippen MR) is 105 cm³/mol. The molecule has 3 aromatic rings. The highest BCUT2D eigenvalue weighted by atomic mass is 19.4. The number of benzene rings is 2. The summed E-state index contributed by atoms with van der Waals surface area (Å²) in [5, 5.41) is 12.7. The summed E-state index contributed by atoms with van der Waals surface area (Å²) in [7, 11) is 0. The molecule has 6 nitrogen and oxygen atoms in total. The van der Waals surface area contributed by atoms with Crippen molar-refractivity contribution >= 4 is 23.1 Å². The van der Waals surface area contributed by atoms with E-state index in [9.17, 15) is 22.4 Å². The van der Waals surface area contributed by atoms with Gasteiger partial charge >= 0.3 is 6.36 Å². The van der Waals surface area contributed by atoms with Gasteiger partial charge in [-0.2, -0.15) is 5.10 Å². The number of fused-ring (bicyclic) bond motifs is 1. The Morgan fingerprint density at radius 2 is 1.83 bits per heavy atom. The fourth-order valence-corrected chi connectivity index (χ4v) is 3.07. The second-order valence-electron chi connectivity index (χ2n) is 6.59. The third-order valence-corrected chi connectivity index (χ3v) is 4.45. The van der Waals surface area contributed by atoms with Crippen LogP contribution in [0.4, 0.5) is 23.4 Å². The van der Waals surface area contributed by atoms with Crippen LogP contribution in [0.1, 0.15) is 19.3 Å². The molecule has 160 valence electrons. The molecule has 4 rings (SSSR count). The standard InChI is InChI=1S/C15H9F4N3O2.C5H11N/c16-12-3-2-9(24-15(17,18)19)6-10(12)8-1-4-13-11(5-8)14(20-7-23)22-21-13;1-2-4-6-5-3-1/h1-7H,(H2,20,21,22,23);6H,1-5H2. The first-order chi connectivity index (χ1) is 14.4. The molecule has 2 heterocycles. The van der Waals surface area contributed by atoms with Crippen molar-refractivity contribution in [3.8, 4) is 16.9 Å². The van der Waals surface area contributed by atoms with Crippen LogP contribution in [-0.4, -0.2) is 36.1 Å². The second-order valence-corrected chi connectivity index (χ2v) is 6.59. The van der Waals surface area contributed by atoms with Crippen molar-refractivity contribution in [3.63, 3.8) is 0 Å². The minimum absolute atomic E-state index is 0.0723. The summed E-state index contributed by atoms with van der Waals surface area (Å²) in [6.45, 7) is 2.50. The fourth-order valence-electron chi connectivity index (χ4n) is 3.07. The van der Waals surface area contributed by atoms with Crippen LogP contribution in [-0.2, 0) is 4.79 Å². The zero-order valence-electron chi connectivity index (χ0n) is 15.9. The molecule has 30 heavy (non-hydrogen) atoms. The molecule has 1 aliphatic heterocycles. The molecule has 0 saturated carbocycles. The van der Waals surface area contributed by atoms with Crippen molar-refractivity contribution in [2.45, 2.75) is 25.6 Å². The summed E-state index contributed by atoms with van der Waals surface area (Å²) in [5.41, 5.74) is 0.811. The molecule has 0 radical (unpaired) electrons. The topological polar surface area (TPSA) is 79.0 Å². The van der Waals surface area contributed by atoms with E-state index in [2.05, 4.69) is 25.6 Å². The Bertz CT molecular complexity index is 989. The minimum atomic E-state index is -4.87. The number of aromatic amines is 1. The number of nitrogens with one attached hydrogen (secondary N) is 3. The van der Waals surface area contributed by atoms with E-state index in [0.29, 0.717) is 22.9 Å². The van der Waals surface area contributed by atoms with Gasteiger partial charge in [-0.25, -0.2) is 4.39 Å². The molecule has 0 unspecified atom stereocenters. The quantitative estimate of drug-likeness (QED) is 0.423. The number of carbonyl (C=O) groups is 1. The number of ether oxygens (including phenoxy) is 1. The molecule has 0 bridgehead atoms. The van der Waals surface area contributed by atoms with Gasteiger partial charge in [-0.3, -0.25) is 9.89 Å². The third kappa shape index (κ3) is 5.69. The molecule has 2 aromatic carbocycles. The molecule has 1 saturated heterocycles. The van der Waals surface area contributed by atoms with Crippen molar-refractivity contribution in [2.75, 3.05) is 18.4 Å². The summed E-state index contributed by atoms with van der Waals surface area (Å²) in [5.74, 6) is -1.01. The number of halogens is 4. The summed E-state index contributed by atoms with van der Waals surface area (Å²) in [6.07, 6.45) is -0.224. The van der Waals surface area contributed by atoms with E-state index in [1.807, 2.05) is 0 Å². The van der Waals surface area contributed by atoms with E-state index in [4.69, 9.17) is 0 Å². The second kappa shape index (κ2) is 9.57. The maximum Gasteiger partial charge on any atom is 0.573 e. The highest BCUT2D eigenvalue weighted by molar-refractivity contribution is 5.96. The summed E-state index contributed by atoms with van der Waals surface area (Å²) < 4.78 is 54.8. The number of amides is 1. The number of nitrogens with zero attached hydrogens (tertiary/aromatic N) is 1. The first-order valence-corrected chi connectivity index (χ1v) is 9.32. The van der Waals surface area contributed by atoms with Crippen LogP contribution in [0.15, 0.2) is 36.4 Å². The smallest absolute Gasteiger partial charge is 0.406 e. The number of aromatic nitrogens is 2. The Kier molecular flexibility index (Phi) is 6.88. The number of rotatable bonds is 4. The lowest BCUT2D eigenvalue weighted by molar-refractivity contribution is -0.274. The van der Waals surface area contributed by atoms with Gasteiger partial charge in [0.25, 0.3) is 0 Å². The van der Waals surface area contributed by atoms with E-state index < -0.39 is 17.9 Å². The molecule has 1 aliphatic rings. The molecule has 1 fully saturated rings. The molecule has 3 N–H and O–H groups in total. The van der Waals surface area contributed by atoms with E-state index in [-0.39, 0.29) is 11.4 Å². The van der Waals surface area contributed by atoms with Gasteiger partial charge in [-0.05, 0) is 61.8 Å². The summed E-state index contributed by atoms with van der Waals surface area (Å²) in [4.78, 5) is 10.6. The lowest BCUT2D eigenvalue weighted by Gasteiger charge is -2.11. The Morgan fingerprint density at radius 1 is 1.07 bits per heavy atom. The monoisotopic (exact) mass is 424 g/mol. The van der Waals surface area contributed by atoms with Crippen LogP contribution in [0.3, 0.4) is 0 Å². The number of carbonyl (C=O) groups excluding carboxylic acids is 1. The molecular weight excluding hydrogens is 404 g/mol. The number of piperidine rings is 1. The van der Waals surface area contributed by atoms with Crippen LogP contribution in [0.5, 0.6) is 5.75 Å². The molecule has 1 aromatic heterocycles. The largest absolute Gasteiger partial charge is 0.573 e. The average Bonchev–Trinajstić information content (AvgIpc) is 3.13. The Morgan fingerprint density at radius 3 is 2.43 bits per heavy atom. The van der Waals surface area contributed by atoms with Crippen LogP contribution >= 0.6 is 0 Å². The molecule has 1 amide bonds. The van der Waals surface area contributed by atoms with E-state index in [1.165, 1.54) is 44.5 Å². The maximum atomic E-state index is 14.0. The van der Waals surface area contributed by atoms with Crippen LogP contribution in [0, 0.1) is 5.82 Å². The normalized spacial score (nSPS) is 14.0. The van der Waals surface area contributed by atoms with E-state index in [0.717, 1.165) is 18.2 Å². The van der Waals surface area contributed by atoms with Gasteiger partial charge in [-0.15, -0.1) is 13.2 Å². The van der Waals surface area contributed by atoms with Gasteiger partial charge < -0.3 is 15.4 Å². The van der Waals surface area contributed by atoms with E-state index >= 15 is 0 Å². The lowest BCUT2D eigenvalue weighted by atomic mass is 10.0. The number of H-pyrrole nitrogens is 1. The number of alkyl halides is 3. The van der Waals surface area contributed by atoms with Crippen molar-refractivity contribution in [3.05, 3.63) is 42.2 Å². The zero-order valence-corrected chi connectivity index (χ0v) is 15.9. The number of hydrogen-bond donors (Lipinski definition) is 3. The zero-order chi connectivity index (χ0) is 21.6. The number of hydrogen-bond acceptors (Lipinski definition) is 4. The molecule has 0 atom stereocenters. The first kappa shape index (κ1) is 21.6. The van der Waals surface area contributed by atoms with Crippen LogP contribution in [0.25, 0.3) is 22.0 Å². The van der Waals surface area contributed by atoms with Gasteiger partial charge in [-0.1, -0.05) is 12.5 Å². The fraction of sp³-hybridized carbons (Fsp3) is 0.300. The Hall–Kier alpha value is -3.14. The molecule has 0 spiro atoms. The molecular formula is C20H20F4N4O2. The van der Waals surface area contributed by atoms with Crippen molar-refractivity contribution in [1.29, 1.82) is 0 Å². The predicted octanol–water partition coefficient (Wildman–Crippen LogP) is 4.60. The Balaban J connectivity index is 0.000000367. The SMILES string of the molecule is C1CCNCC1.O=CNc1n[nH]c2ccc(-c3cc(OC(F)(F)F)ccc3F)cc12. The van der Waals surface area contributed by atoms with Gasteiger partial charge in [0.1, 0.15) is 11.6 Å². The van der Waals surface area contributed by atoms with Gasteiger partial charge in [0, 0.05) is 10.9 Å². The van der Waals surface area contributed by atoms with Gasteiger partial charge in [0.05, 0.1) is 5.52 Å². The summed E-state index contributed by atoms with van der Waals surface area (Å²) in [6, 6.07) is 7.32. The Labute approximate surface area is 169 Å². The minimum Gasteiger partial charge on any atom is -0.406 e. The van der Waals surface area contributed by atoms with Crippen molar-refractivity contribution in [1.82, 2.24) is 15.5 Å². The maximum absolute atomic E-state index is 14.0. The first-order valence-electron chi connectivity index (χ1n) is 9.32. The number of anilines is 1. The highest BCUT2D eigenvalue weighted by Crippen LogP contribution is 2.32. The van der Waals surface area contributed by atoms with Gasteiger partial charge in [0.2, 0.25) is 6.41 Å². The molecule has 10 heteroatoms. The van der Waals surface area contributed by atoms with Crippen molar-refractivity contribution < 1.29 is 27.1 Å². The average molecular weight is 424 g/mol.